The van der Waals surface area contributed by atoms with Crippen LogP contribution in [0.1, 0.15) is 5.56 Å². The van der Waals surface area contributed by atoms with Gasteiger partial charge in [-0.3, -0.25) is 4.79 Å². The molecule has 0 radical (unpaired) electrons. The van der Waals surface area contributed by atoms with E-state index in [9.17, 15) is 10.1 Å². The number of nitriles is 1. The van der Waals surface area contributed by atoms with Gasteiger partial charge in [0.1, 0.15) is 17.2 Å². The summed E-state index contributed by atoms with van der Waals surface area (Å²) in [5.74, 6) is 0.210. The number of rotatable bonds is 1. The third kappa shape index (κ3) is 1.87. The lowest BCUT2D eigenvalue weighted by atomic mass is 10.1. The summed E-state index contributed by atoms with van der Waals surface area (Å²) in [6.45, 7) is 0. The molecule has 3 aromatic rings. The highest BCUT2D eigenvalue weighted by Gasteiger charge is 2.17. The van der Waals surface area contributed by atoms with Gasteiger partial charge in [-0.25, -0.2) is 0 Å². The number of hydrogen-bond acceptors (Lipinski definition) is 3. The number of para-hydroxylation sites is 1. The average molecular weight is 282 g/mol. The van der Waals surface area contributed by atoms with Crippen LogP contribution in [0.4, 0.5) is 0 Å². The van der Waals surface area contributed by atoms with Gasteiger partial charge in [-0.2, -0.15) is 5.26 Å². The summed E-state index contributed by atoms with van der Waals surface area (Å²) in [6.07, 6.45) is 0. The number of hydrogen-bond donors (Lipinski definition) is 0. The number of nitrogens with zero attached hydrogens (tertiary/aromatic N) is 1. The lowest BCUT2D eigenvalue weighted by molar-refractivity contribution is 0.617. The molecule has 20 heavy (non-hydrogen) atoms. The Morgan fingerprint density at radius 3 is 2.50 bits per heavy atom. The molecule has 3 nitrogen and oxygen atoms in total. The Kier molecular flexibility index (Phi) is 3.02. The highest BCUT2D eigenvalue weighted by Crippen LogP contribution is 2.30. The molecule has 0 aliphatic heterocycles. The first-order valence-corrected chi connectivity index (χ1v) is 6.31. The monoisotopic (exact) mass is 281 g/mol. The van der Waals surface area contributed by atoms with Gasteiger partial charge in [0.05, 0.1) is 10.4 Å². The molecule has 1 heterocycles. The summed E-state index contributed by atoms with van der Waals surface area (Å²) in [5.41, 5.74) is 0.598. The quantitative estimate of drug-likeness (QED) is 0.678. The summed E-state index contributed by atoms with van der Waals surface area (Å²) in [4.78, 5) is 12.3. The number of fused-ring (bicyclic) bond motifs is 1. The highest BCUT2D eigenvalue weighted by molar-refractivity contribution is 6.33. The van der Waals surface area contributed by atoms with Gasteiger partial charge in [-0.15, -0.1) is 0 Å². The van der Waals surface area contributed by atoms with Crippen LogP contribution in [0.5, 0.6) is 0 Å². The SMILES string of the molecule is N#Cc1c(-c2ccccc2Cl)oc2ccccc2c1=O. The van der Waals surface area contributed by atoms with Crippen molar-refractivity contribution in [3.05, 3.63) is 69.3 Å². The third-order valence-corrected chi connectivity index (χ3v) is 3.36. The Labute approximate surface area is 119 Å². The van der Waals surface area contributed by atoms with Crippen LogP contribution in [0, 0.1) is 11.3 Å². The summed E-state index contributed by atoms with van der Waals surface area (Å²) >= 11 is 6.12. The molecule has 0 spiro atoms. The van der Waals surface area contributed by atoms with Crippen molar-refractivity contribution >= 4 is 22.6 Å². The van der Waals surface area contributed by atoms with Crippen LogP contribution in [-0.4, -0.2) is 0 Å². The first kappa shape index (κ1) is 12.5. The van der Waals surface area contributed by atoms with Crippen molar-refractivity contribution < 1.29 is 4.42 Å². The van der Waals surface area contributed by atoms with Gasteiger partial charge in [-0.05, 0) is 24.3 Å². The molecule has 0 unspecified atom stereocenters. The fourth-order valence-electron chi connectivity index (χ4n) is 2.08. The Morgan fingerprint density at radius 2 is 1.75 bits per heavy atom. The van der Waals surface area contributed by atoms with Gasteiger partial charge < -0.3 is 4.42 Å². The van der Waals surface area contributed by atoms with Crippen LogP contribution in [0.15, 0.2) is 57.7 Å². The van der Waals surface area contributed by atoms with Gasteiger partial charge in [0.2, 0.25) is 5.43 Å². The maximum atomic E-state index is 12.3. The first-order valence-electron chi connectivity index (χ1n) is 5.93. The Bertz CT molecular complexity index is 906. The average Bonchev–Trinajstić information content (AvgIpc) is 2.48. The molecule has 0 saturated heterocycles. The van der Waals surface area contributed by atoms with Crippen molar-refractivity contribution in [1.29, 1.82) is 5.26 Å². The van der Waals surface area contributed by atoms with E-state index in [1.165, 1.54) is 0 Å². The first-order chi connectivity index (χ1) is 9.72. The maximum absolute atomic E-state index is 12.3. The molecule has 0 aliphatic rings. The molecule has 0 atom stereocenters. The molecule has 0 bridgehead atoms. The normalized spacial score (nSPS) is 10.4. The van der Waals surface area contributed by atoms with E-state index in [-0.39, 0.29) is 16.8 Å². The zero-order valence-electron chi connectivity index (χ0n) is 10.3. The minimum atomic E-state index is -0.343. The second kappa shape index (κ2) is 4.84. The minimum Gasteiger partial charge on any atom is -0.454 e. The van der Waals surface area contributed by atoms with Gasteiger partial charge in [0.15, 0.2) is 5.76 Å². The fraction of sp³-hybridized carbons (Fsp3) is 0. The third-order valence-electron chi connectivity index (χ3n) is 3.03. The molecular weight excluding hydrogens is 274 g/mol. The van der Waals surface area contributed by atoms with Crippen LogP contribution >= 0.6 is 11.6 Å². The standard InChI is InChI=1S/C16H8ClNO2/c17-13-7-3-1-5-10(13)16-12(9-18)15(19)11-6-2-4-8-14(11)20-16/h1-8H. The Balaban J connectivity index is 2.46. The van der Waals surface area contributed by atoms with Crippen LogP contribution in [0.2, 0.25) is 5.02 Å². The molecule has 4 heteroatoms. The van der Waals surface area contributed by atoms with Gasteiger partial charge >= 0.3 is 0 Å². The zero-order chi connectivity index (χ0) is 14.1. The Hall–Kier alpha value is -2.57. The van der Waals surface area contributed by atoms with Crippen molar-refractivity contribution in [2.45, 2.75) is 0 Å². The number of benzene rings is 2. The lowest BCUT2D eigenvalue weighted by Crippen LogP contribution is -2.08. The summed E-state index contributed by atoms with van der Waals surface area (Å²) < 4.78 is 5.72. The lowest BCUT2D eigenvalue weighted by Gasteiger charge is -2.06. The van der Waals surface area contributed by atoms with E-state index < -0.39 is 0 Å². The van der Waals surface area contributed by atoms with Crippen LogP contribution in [0.25, 0.3) is 22.3 Å². The minimum absolute atomic E-state index is 0.0307. The molecule has 2 aromatic carbocycles. The van der Waals surface area contributed by atoms with Gasteiger partial charge in [0.25, 0.3) is 0 Å². The molecule has 96 valence electrons. The van der Waals surface area contributed by atoms with E-state index >= 15 is 0 Å². The van der Waals surface area contributed by atoms with E-state index in [0.29, 0.717) is 21.6 Å². The van der Waals surface area contributed by atoms with E-state index in [1.54, 1.807) is 48.5 Å². The van der Waals surface area contributed by atoms with Crippen molar-refractivity contribution in [2.75, 3.05) is 0 Å². The summed E-state index contributed by atoms with van der Waals surface area (Å²) in [5, 5.41) is 10.1. The van der Waals surface area contributed by atoms with Crippen molar-refractivity contribution in [3.63, 3.8) is 0 Å². The summed E-state index contributed by atoms with van der Waals surface area (Å²) in [6, 6.07) is 15.7. The molecule has 3 rings (SSSR count). The van der Waals surface area contributed by atoms with Crippen molar-refractivity contribution in [1.82, 2.24) is 0 Å². The number of halogens is 1. The smallest absolute Gasteiger partial charge is 0.211 e. The Morgan fingerprint density at radius 1 is 1.05 bits per heavy atom. The highest BCUT2D eigenvalue weighted by atomic mass is 35.5. The predicted molar refractivity (Wildman–Crippen MR) is 77.6 cm³/mol. The predicted octanol–water partition coefficient (Wildman–Crippen LogP) is 3.99. The van der Waals surface area contributed by atoms with Crippen molar-refractivity contribution in [2.24, 2.45) is 0 Å². The topological polar surface area (TPSA) is 54.0 Å². The van der Waals surface area contributed by atoms with E-state index in [4.69, 9.17) is 16.0 Å². The van der Waals surface area contributed by atoms with Gasteiger partial charge in [0, 0.05) is 5.56 Å². The van der Waals surface area contributed by atoms with Crippen LogP contribution in [0.3, 0.4) is 0 Å². The molecule has 1 aromatic heterocycles. The van der Waals surface area contributed by atoms with Gasteiger partial charge in [-0.1, -0.05) is 35.9 Å². The zero-order valence-corrected chi connectivity index (χ0v) is 11.0. The molecule has 0 saturated carbocycles. The fourth-order valence-corrected chi connectivity index (χ4v) is 2.30. The molecule has 0 fully saturated rings. The maximum Gasteiger partial charge on any atom is 0.211 e. The second-order valence-corrected chi connectivity index (χ2v) is 4.63. The summed E-state index contributed by atoms with van der Waals surface area (Å²) in [7, 11) is 0. The van der Waals surface area contributed by atoms with E-state index in [1.807, 2.05) is 6.07 Å². The van der Waals surface area contributed by atoms with Crippen molar-refractivity contribution in [3.8, 4) is 17.4 Å². The molecular formula is C16H8ClNO2. The largest absolute Gasteiger partial charge is 0.454 e. The second-order valence-electron chi connectivity index (χ2n) is 4.22. The molecule has 0 aliphatic carbocycles. The van der Waals surface area contributed by atoms with Crippen LogP contribution in [-0.2, 0) is 0 Å². The molecule has 0 N–H and O–H groups in total. The van der Waals surface area contributed by atoms with Crippen LogP contribution < -0.4 is 5.43 Å². The molecule has 0 amide bonds. The van der Waals surface area contributed by atoms with E-state index in [2.05, 4.69) is 0 Å². The van der Waals surface area contributed by atoms with E-state index in [0.717, 1.165) is 0 Å².